The number of aliphatic imine (C=N–C) groups is 1. The summed E-state index contributed by atoms with van der Waals surface area (Å²) in [5, 5.41) is 0.340. The molecule has 1 aromatic carbocycles. The van der Waals surface area contributed by atoms with Gasteiger partial charge in [-0.3, -0.25) is 0 Å². The number of hydrogen-bond donors (Lipinski definition) is 0. The van der Waals surface area contributed by atoms with E-state index in [0.29, 0.717) is 16.5 Å². The third kappa shape index (κ3) is 1.26. The van der Waals surface area contributed by atoms with E-state index in [4.69, 9.17) is 21.1 Å². The molecule has 0 atom stereocenters. The van der Waals surface area contributed by atoms with E-state index < -0.39 is 0 Å². The van der Waals surface area contributed by atoms with Crippen LogP contribution in [0.2, 0.25) is 5.02 Å². The Bertz CT molecular complexity index is 399. The van der Waals surface area contributed by atoms with Crippen molar-refractivity contribution in [3.05, 3.63) is 17.2 Å². The molecule has 2 rings (SSSR count). The average Bonchev–Trinajstić information content (AvgIpc) is 2.58. The number of benzene rings is 1. The van der Waals surface area contributed by atoms with E-state index in [-0.39, 0.29) is 12.5 Å². The van der Waals surface area contributed by atoms with Crippen LogP contribution in [-0.2, 0) is 4.79 Å². The summed E-state index contributed by atoms with van der Waals surface area (Å²) in [4.78, 5) is 13.5. The highest BCUT2D eigenvalue weighted by Gasteiger charge is 2.19. The van der Waals surface area contributed by atoms with Crippen molar-refractivity contribution in [2.24, 2.45) is 4.99 Å². The summed E-state index contributed by atoms with van der Waals surface area (Å²) in [6, 6.07) is 3.25. The van der Waals surface area contributed by atoms with Gasteiger partial charge >= 0.3 is 0 Å². The van der Waals surface area contributed by atoms with Gasteiger partial charge in [0.2, 0.25) is 12.9 Å². The lowest BCUT2D eigenvalue weighted by atomic mass is 10.3. The largest absolute Gasteiger partial charge is 0.454 e. The lowest BCUT2D eigenvalue weighted by Gasteiger charge is -2.00. The van der Waals surface area contributed by atoms with Crippen LogP contribution in [0.4, 0.5) is 5.69 Å². The maximum Gasteiger partial charge on any atom is 0.240 e. The van der Waals surface area contributed by atoms with E-state index in [1.807, 2.05) is 0 Å². The van der Waals surface area contributed by atoms with Gasteiger partial charge in [-0.1, -0.05) is 11.6 Å². The second-order valence-corrected chi connectivity index (χ2v) is 2.74. The maximum absolute atomic E-state index is 10.1. The van der Waals surface area contributed by atoms with Crippen LogP contribution in [0.25, 0.3) is 0 Å². The van der Waals surface area contributed by atoms with Gasteiger partial charge < -0.3 is 9.47 Å². The Morgan fingerprint density at radius 3 is 3.08 bits per heavy atom. The highest BCUT2D eigenvalue weighted by atomic mass is 35.5. The Hall–Kier alpha value is -1.51. The summed E-state index contributed by atoms with van der Waals surface area (Å²) in [7, 11) is 0. The zero-order chi connectivity index (χ0) is 9.26. The number of nitrogens with zero attached hydrogens (tertiary/aromatic N) is 1. The first-order valence-corrected chi connectivity index (χ1v) is 3.86. The molecule has 0 fully saturated rings. The quantitative estimate of drug-likeness (QED) is 0.511. The number of fused-ring (bicyclic) bond motifs is 1. The molecule has 0 N–H and O–H groups in total. The van der Waals surface area contributed by atoms with E-state index >= 15 is 0 Å². The third-order valence-electron chi connectivity index (χ3n) is 1.62. The zero-order valence-electron chi connectivity index (χ0n) is 6.41. The molecule has 0 unspecified atom stereocenters. The third-order valence-corrected chi connectivity index (χ3v) is 1.93. The summed E-state index contributed by atoms with van der Waals surface area (Å²) in [5.41, 5.74) is 0.270. The second-order valence-electron chi connectivity index (χ2n) is 2.33. The number of isocyanates is 1. The van der Waals surface area contributed by atoms with Gasteiger partial charge in [0.15, 0.2) is 11.5 Å². The lowest BCUT2D eigenvalue weighted by molar-refractivity contribution is 0.174. The van der Waals surface area contributed by atoms with Gasteiger partial charge in [0, 0.05) is 0 Å². The molecular formula is C8H4ClNO3. The van der Waals surface area contributed by atoms with Crippen molar-refractivity contribution in [2.45, 2.75) is 0 Å². The van der Waals surface area contributed by atoms with Crippen LogP contribution in [0.1, 0.15) is 0 Å². The number of ether oxygens (including phenoxy) is 2. The van der Waals surface area contributed by atoms with Crippen molar-refractivity contribution < 1.29 is 14.3 Å². The van der Waals surface area contributed by atoms with Crippen LogP contribution in [0, 0.1) is 0 Å². The SMILES string of the molecule is O=C=Nc1c(Cl)ccc2c1OCO2. The van der Waals surface area contributed by atoms with Crippen molar-refractivity contribution in [3.63, 3.8) is 0 Å². The van der Waals surface area contributed by atoms with Crippen LogP contribution in [-0.4, -0.2) is 12.9 Å². The van der Waals surface area contributed by atoms with E-state index in [9.17, 15) is 4.79 Å². The molecular weight excluding hydrogens is 194 g/mol. The summed E-state index contributed by atoms with van der Waals surface area (Å²) < 4.78 is 10.2. The van der Waals surface area contributed by atoms with E-state index in [1.54, 1.807) is 12.1 Å². The molecule has 0 saturated carbocycles. The van der Waals surface area contributed by atoms with Gasteiger partial charge in [0.05, 0.1) is 5.02 Å². The smallest absolute Gasteiger partial charge is 0.240 e. The highest BCUT2D eigenvalue weighted by Crippen LogP contribution is 2.44. The number of halogens is 1. The van der Waals surface area contributed by atoms with Crippen molar-refractivity contribution in [3.8, 4) is 11.5 Å². The Labute approximate surface area is 78.7 Å². The van der Waals surface area contributed by atoms with E-state index in [1.165, 1.54) is 6.08 Å². The summed E-state index contributed by atoms with van der Waals surface area (Å²) in [5.74, 6) is 0.939. The summed E-state index contributed by atoms with van der Waals surface area (Å²) in [6.45, 7) is 0.122. The molecule has 1 heterocycles. The molecule has 5 heteroatoms. The molecule has 1 aliphatic rings. The monoisotopic (exact) mass is 197 g/mol. The Balaban J connectivity index is 2.64. The van der Waals surface area contributed by atoms with Crippen molar-refractivity contribution in [1.82, 2.24) is 0 Å². The minimum absolute atomic E-state index is 0.122. The fraction of sp³-hybridized carbons (Fsp3) is 0.125. The first-order chi connectivity index (χ1) is 6.33. The predicted octanol–water partition coefficient (Wildman–Crippen LogP) is 2.04. The Morgan fingerprint density at radius 2 is 2.31 bits per heavy atom. The zero-order valence-corrected chi connectivity index (χ0v) is 7.17. The second kappa shape index (κ2) is 3.09. The maximum atomic E-state index is 10.1. The van der Waals surface area contributed by atoms with E-state index in [0.717, 1.165) is 0 Å². The molecule has 1 aromatic rings. The Kier molecular flexibility index (Phi) is 1.93. The van der Waals surface area contributed by atoms with E-state index in [2.05, 4.69) is 4.99 Å². The molecule has 0 aromatic heterocycles. The number of hydrogen-bond acceptors (Lipinski definition) is 4. The fourth-order valence-corrected chi connectivity index (χ4v) is 1.27. The molecule has 0 aliphatic carbocycles. The van der Waals surface area contributed by atoms with Gasteiger partial charge in [-0.25, -0.2) is 4.79 Å². The molecule has 0 saturated heterocycles. The molecule has 0 bridgehead atoms. The first kappa shape index (κ1) is 8.10. The van der Waals surface area contributed by atoms with Crippen LogP contribution in [0.15, 0.2) is 17.1 Å². The fourth-order valence-electron chi connectivity index (χ4n) is 1.08. The minimum Gasteiger partial charge on any atom is -0.454 e. The molecule has 4 nitrogen and oxygen atoms in total. The van der Waals surface area contributed by atoms with Gasteiger partial charge in [0.25, 0.3) is 0 Å². The highest BCUT2D eigenvalue weighted by molar-refractivity contribution is 6.33. The van der Waals surface area contributed by atoms with Crippen LogP contribution in [0.3, 0.4) is 0 Å². The van der Waals surface area contributed by atoms with Crippen LogP contribution >= 0.6 is 11.6 Å². The standard InChI is InChI=1S/C8H4ClNO3/c9-5-1-2-6-8(13-4-12-6)7(5)10-3-11/h1-2H,4H2. The van der Waals surface area contributed by atoms with Gasteiger partial charge in [-0.05, 0) is 12.1 Å². The molecule has 1 aliphatic heterocycles. The minimum atomic E-state index is 0.122. The lowest BCUT2D eigenvalue weighted by Crippen LogP contribution is -1.93. The van der Waals surface area contributed by atoms with Crippen molar-refractivity contribution in [1.29, 1.82) is 0 Å². The number of rotatable bonds is 1. The summed E-state index contributed by atoms with van der Waals surface area (Å²) in [6.07, 6.45) is 1.41. The summed E-state index contributed by atoms with van der Waals surface area (Å²) >= 11 is 5.78. The van der Waals surface area contributed by atoms with Gasteiger partial charge in [-0.15, -0.1) is 0 Å². The topological polar surface area (TPSA) is 47.9 Å². The molecule has 66 valence electrons. The molecule has 0 radical (unpaired) electrons. The van der Waals surface area contributed by atoms with Crippen LogP contribution < -0.4 is 9.47 Å². The van der Waals surface area contributed by atoms with Crippen LogP contribution in [0.5, 0.6) is 11.5 Å². The first-order valence-electron chi connectivity index (χ1n) is 3.49. The Morgan fingerprint density at radius 1 is 1.46 bits per heavy atom. The van der Waals surface area contributed by atoms with Gasteiger partial charge in [-0.2, -0.15) is 4.99 Å². The molecule has 0 spiro atoms. The van der Waals surface area contributed by atoms with Crippen molar-refractivity contribution >= 4 is 23.4 Å². The van der Waals surface area contributed by atoms with Crippen molar-refractivity contribution in [2.75, 3.05) is 6.79 Å². The predicted molar refractivity (Wildman–Crippen MR) is 45.4 cm³/mol. The average molecular weight is 198 g/mol. The number of carbonyl (C=O) groups excluding carboxylic acids is 1. The molecule has 13 heavy (non-hydrogen) atoms. The molecule has 0 amide bonds. The normalized spacial score (nSPS) is 12.4. The van der Waals surface area contributed by atoms with Gasteiger partial charge in [0.1, 0.15) is 5.69 Å².